The zero-order valence-electron chi connectivity index (χ0n) is 10.0. The Balaban J connectivity index is 2.27. The van der Waals surface area contributed by atoms with E-state index in [-0.39, 0.29) is 5.56 Å². The van der Waals surface area contributed by atoms with Crippen molar-refractivity contribution in [3.05, 3.63) is 27.1 Å². The van der Waals surface area contributed by atoms with Crippen molar-refractivity contribution >= 4 is 21.6 Å². The Labute approximate surface area is 104 Å². The van der Waals surface area contributed by atoms with Crippen molar-refractivity contribution in [1.82, 2.24) is 9.55 Å². The number of thiophene rings is 1. The highest BCUT2D eigenvalue weighted by atomic mass is 32.1. The summed E-state index contributed by atoms with van der Waals surface area (Å²) in [6.07, 6.45) is 7.32. The molecular formula is C13H16N2OS. The van der Waals surface area contributed by atoms with E-state index in [4.69, 9.17) is 0 Å². The molecule has 4 heteroatoms. The van der Waals surface area contributed by atoms with Gasteiger partial charge in [-0.3, -0.25) is 9.36 Å². The van der Waals surface area contributed by atoms with Gasteiger partial charge in [-0.1, -0.05) is 6.92 Å². The SMILES string of the molecule is CCCn1cnc2sc3c(c2c1=O)CCCC3. The molecule has 0 aliphatic heterocycles. The van der Waals surface area contributed by atoms with Crippen LogP contribution < -0.4 is 5.56 Å². The van der Waals surface area contributed by atoms with Gasteiger partial charge in [0, 0.05) is 11.4 Å². The third kappa shape index (κ3) is 1.71. The molecule has 0 saturated carbocycles. The van der Waals surface area contributed by atoms with E-state index < -0.39 is 0 Å². The standard InChI is InChI=1S/C13H16N2OS/c1-2-7-15-8-14-12-11(13(15)16)9-5-3-4-6-10(9)17-12/h8H,2-7H2,1H3. The van der Waals surface area contributed by atoms with Crippen molar-refractivity contribution in [2.24, 2.45) is 0 Å². The fourth-order valence-electron chi connectivity index (χ4n) is 2.58. The van der Waals surface area contributed by atoms with Crippen LogP contribution >= 0.6 is 11.3 Å². The lowest BCUT2D eigenvalue weighted by Crippen LogP contribution is -2.20. The lowest BCUT2D eigenvalue weighted by molar-refractivity contribution is 0.646. The summed E-state index contributed by atoms with van der Waals surface area (Å²) in [6, 6.07) is 0. The van der Waals surface area contributed by atoms with Crippen LogP contribution in [0.25, 0.3) is 10.2 Å². The summed E-state index contributed by atoms with van der Waals surface area (Å²) >= 11 is 1.72. The normalized spacial score (nSPS) is 15.1. The van der Waals surface area contributed by atoms with E-state index in [0.717, 1.165) is 36.0 Å². The van der Waals surface area contributed by atoms with Crippen molar-refractivity contribution in [2.75, 3.05) is 0 Å². The Hall–Kier alpha value is -1.16. The van der Waals surface area contributed by atoms with Crippen LogP contribution in [0, 0.1) is 0 Å². The first-order valence-corrected chi connectivity index (χ1v) is 7.12. The summed E-state index contributed by atoms with van der Waals surface area (Å²) in [5.41, 5.74) is 1.45. The molecule has 17 heavy (non-hydrogen) atoms. The predicted octanol–water partition coefficient (Wildman–Crippen LogP) is 2.75. The van der Waals surface area contributed by atoms with E-state index in [1.165, 1.54) is 23.3 Å². The third-order valence-electron chi connectivity index (χ3n) is 3.41. The molecular weight excluding hydrogens is 232 g/mol. The summed E-state index contributed by atoms with van der Waals surface area (Å²) in [5, 5.41) is 0.903. The third-order valence-corrected chi connectivity index (χ3v) is 4.61. The minimum Gasteiger partial charge on any atom is -0.299 e. The molecule has 0 N–H and O–H groups in total. The Bertz CT molecular complexity index is 612. The molecule has 0 atom stereocenters. The molecule has 0 fully saturated rings. The summed E-state index contributed by atoms with van der Waals surface area (Å²) < 4.78 is 1.75. The number of hydrogen-bond donors (Lipinski definition) is 0. The number of rotatable bonds is 2. The lowest BCUT2D eigenvalue weighted by Gasteiger charge is -2.10. The molecule has 0 amide bonds. The van der Waals surface area contributed by atoms with E-state index in [9.17, 15) is 4.79 Å². The van der Waals surface area contributed by atoms with E-state index in [1.54, 1.807) is 22.2 Å². The average Bonchev–Trinajstić information content (AvgIpc) is 2.72. The quantitative estimate of drug-likeness (QED) is 0.819. The highest BCUT2D eigenvalue weighted by Gasteiger charge is 2.19. The van der Waals surface area contributed by atoms with Gasteiger partial charge < -0.3 is 0 Å². The largest absolute Gasteiger partial charge is 0.299 e. The number of fused-ring (bicyclic) bond motifs is 3. The maximum Gasteiger partial charge on any atom is 0.262 e. The molecule has 1 aliphatic rings. The van der Waals surface area contributed by atoms with Crippen LogP contribution in [0.3, 0.4) is 0 Å². The van der Waals surface area contributed by atoms with E-state index in [2.05, 4.69) is 11.9 Å². The molecule has 0 bridgehead atoms. The maximum absolute atomic E-state index is 12.4. The molecule has 0 spiro atoms. The summed E-state index contributed by atoms with van der Waals surface area (Å²) in [4.78, 5) is 19.2. The van der Waals surface area contributed by atoms with Gasteiger partial charge in [-0.25, -0.2) is 4.98 Å². The second kappa shape index (κ2) is 4.26. The molecule has 2 heterocycles. The zero-order chi connectivity index (χ0) is 11.8. The number of nitrogens with zero attached hydrogens (tertiary/aromatic N) is 2. The van der Waals surface area contributed by atoms with E-state index in [1.807, 2.05) is 0 Å². The monoisotopic (exact) mass is 248 g/mol. The van der Waals surface area contributed by atoms with Gasteiger partial charge in [0.15, 0.2) is 0 Å². The zero-order valence-corrected chi connectivity index (χ0v) is 10.8. The van der Waals surface area contributed by atoms with Crippen LogP contribution in [0.5, 0.6) is 0 Å². The van der Waals surface area contributed by atoms with Crippen LogP contribution in [-0.4, -0.2) is 9.55 Å². The van der Waals surface area contributed by atoms with Gasteiger partial charge in [0.1, 0.15) is 4.83 Å². The minimum atomic E-state index is 0.163. The fourth-order valence-corrected chi connectivity index (χ4v) is 3.80. The van der Waals surface area contributed by atoms with Gasteiger partial charge in [0.2, 0.25) is 0 Å². The fraction of sp³-hybridized carbons (Fsp3) is 0.538. The molecule has 1 aliphatic carbocycles. The first-order chi connectivity index (χ1) is 8.31. The van der Waals surface area contributed by atoms with Gasteiger partial charge >= 0.3 is 0 Å². The van der Waals surface area contributed by atoms with Crippen LogP contribution in [-0.2, 0) is 19.4 Å². The van der Waals surface area contributed by atoms with Crippen molar-refractivity contribution in [1.29, 1.82) is 0 Å². The molecule has 2 aromatic heterocycles. The van der Waals surface area contributed by atoms with Crippen molar-refractivity contribution in [2.45, 2.75) is 45.6 Å². The highest BCUT2D eigenvalue weighted by Crippen LogP contribution is 2.33. The Kier molecular flexibility index (Phi) is 2.74. The molecule has 3 nitrogen and oxygen atoms in total. The number of aryl methyl sites for hydroxylation is 3. The Morgan fingerprint density at radius 2 is 2.24 bits per heavy atom. The number of aromatic nitrogens is 2. The summed E-state index contributed by atoms with van der Waals surface area (Å²) in [6.45, 7) is 2.85. The molecule has 2 aromatic rings. The smallest absolute Gasteiger partial charge is 0.262 e. The van der Waals surface area contributed by atoms with Crippen LogP contribution in [0.2, 0.25) is 0 Å². The van der Waals surface area contributed by atoms with Crippen molar-refractivity contribution in [3.63, 3.8) is 0 Å². The molecule has 0 aromatic carbocycles. The second-order valence-corrected chi connectivity index (χ2v) is 5.72. The summed E-state index contributed by atoms with van der Waals surface area (Å²) in [5.74, 6) is 0. The van der Waals surface area contributed by atoms with Gasteiger partial charge in [0.25, 0.3) is 5.56 Å². The van der Waals surface area contributed by atoms with Crippen molar-refractivity contribution < 1.29 is 0 Å². The van der Waals surface area contributed by atoms with Gasteiger partial charge in [0.05, 0.1) is 11.7 Å². The minimum absolute atomic E-state index is 0.163. The topological polar surface area (TPSA) is 34.9 Å². The Morgan fingerprint density at radius 3 is 3.06 bits per heavy atom. The lowest BCUT2D eigenvalue weighted by atomic mass is 9.97. The van der Waals surface area contributed by atoms with Crippen LogP contribution in [0.1, 0.15) is 36.6 Å². The molecule has 90 valence electrons. The molecule has 0 radical (unpaired) electrons. The average molecular weight is 248 g/mol. The van der Waals surface area contributed by atoms with Gasteiger partial charge in [-0.05, 0) is 37.7 Å². The molecule has 3 rings (SSSR count). The van der Waals surface area contributed by atoms with Crippen LogP contribution in [0.4, 0.5) is 0 Å². The number of hydrogen-bond acceptors (Lipinski definition) is 3. The van der Waals surface area contributed by atoms with E-state index >= 15 is 0 Å². The summed E-state index contributed by atoms with van der Waals surface area (Å²) in [7, 11) is 0. The predicted molar refractivity (Wildman–Crippen MR) is 70.8 cm³/mol. The van der Waals surface area contributed by atoms with Gasteiger partial charge in [-0.2, -0.15) is 0 Å². The van der Waals surface area contributed by atoms with Crippen molar-refractivity contribution in [3.8, 4) is 0 Å². The maximum atomic E-state index is 12.4. The molecule has 0 unspecified atom stereocenters. The Morgan fingerprint density at radius 1 is 1.41 bits per heavy atom. The first kappa shape index (κ1) is 11.0. The second-order valence-electron chi connectivity index (χ2n) is 4.63. The first-order valence-electron chi connectivity index (χ1n) is 6.31. The van der Waals surface area contributed by atoms with E-state index in [0.29, 0.717) is 0 Å². The van der Waals surface area contributed by atoms with Gasteiger partial charge in [-0.15, -0.1) is 11.3 Å². The highest BCUT2D eigenvalue weighted by molar-refractivity contribution is 7.18. The van der Waals surface area contributed by atoms with Crippen LogP contribution in [0.15, 0.2) is 11.1 Å². The molecule has 0 saturated heterocycles.